The maximum atomic E-state index is 11.3. The predicted molar refractivity (Wildman–Crippen MR) is 108 cm³/mol. The summed E-state index contributed by atoms with van der Waals surface area (Å²) in [5.74, 6) is -0.0926. The number of nitrogens with zero attached hydrogens (tertiary/aromatic N) is 1. The average molecular weight is 379 g/mol. The fourth-order valence-corrected chi connectivity index (χ4v) is 2.88. The van der Waals surface area contributed by atoms with Gasteiger partial charge in [0.1, 0.15) is 11.5 Å². The number of nitriles is 1. The van der Waals surface area contributed by atoms with Gasteiger partial charge in [0.05, 0.1) is 25.2 Å². The molecule has 1 N–H and O–H groups in total. The van der Waals surface area contributed by atoms with Crippen LogP contribution in [0.2, 0.25) is 0 Å². The summed E-state index contributed by atoms with van der Waals surface area (Å²) < 4.78 is 11.0. The summed E-state index contributed by atoms with van der Waals surface area (Å²) in [4.78, 5) is 11.3. The third-order valence-electron chi connectivity index (χ3n) is 4.28. The minimum atomic E-state index is -0.925. The van der Waals surface area contributed by atoms with Crippen molar-refractivity contribution in [2.45, 2.75) is 27.2 Å². The number of carboxylic acid groups (broad SMARTS) is 1. The van der Waals surface area contributed by atoms with E-state index >= 15 is 0 Å². The highest BCUT2D eigenvalue weighted by Gasteiger charge is 2.19. The van der Waals surface area contributed by atoms with Crippen molar-refractivity contribution in [3.05, 3.63) is 65.2 Å². The smallest absolute Gasteiger partial charge is 0.306 e. The Morgan fingerprint density at radius 1 is 0.964 bits per heavy atom. The van der Waals surface area contributed by atoms with E-state index in [4.69, 9.17) is 9.47 Å². The molecule has 146 valence electrons. The number of allylic oxidation sites excluding steroid dienone is 1. The van der Waals surface area contributed by atoms with Crippen LogP contribution in [-0.2, 0) is 4.79 Å². The standard InChI is InChI=1S/C23H25NO4/c1-4-27-20-10-6-17(7-11-20)22(19(15-24)14-16(3)23(25)26)18-8-12-21(13-9-18)28-5-2/h6-13,16H,4-5,14H2,1-3H3,(H,25,26). The van der Waals surface area contributed by atoms with E-state index in [-0.39, 0.29) is 6.42 Å². The minimum Gasteiger partial charge on any atom is -0.494 e. The van der Waals surface area contributed by atoms with Crippen molar-refractivity contribution in [2.75, 3.05) is 13.2 Å². The van der Waals surface area contributed by atoms with Crippen molar-refractivity contribution < 1.29 is 19.4 Å². The van der Waals surface area contributed by atoms with E-state index < -0.39 is 11.9 Å². The number of aliphatic carboxylic acids is 1. The molecule has 0 amide bonds. The maximum absolute atomic E-state index is 11.3. The molecule has 0 heterocycles. The van der Waals surface area contributed by atoms with Crippen LogP contribution in [0, 0.1) is 17.2 Å². The van der Waals surface area contributed by atoms with Crippen molar-refractivity contribution in [1.29, 1.82) is 5.26 Å². The molecular weight excluding hydrogens is 354 g/mol. The molecule has 1 unspecified atom stereocenters. The summed E-state index contributed by atoms with van der Waals surface area (Å²) >= 11 is 0. The highest BCUT2D eigenvalue weighted by atomic mass is 16.5. The normalized spacial score (nSPS) is 11.2. The average Bonchev–Trinajstić information content (AvgIpc) is 2.70. The molecule has 0 radical (unpaired) electrons. The second-order valence-electron chi connectivity index (χ2n) is 6.32. The number of rotatable bonds is 9. The highest BCUT2D eigenvalue weighted by Crippen LogP contribution is 2.32. The number of carboxylic acids is 1. The summed E-state index contributed by atoms with van der Waals surface area (Å²) in [5, 5.41) is 19.1. The molecule has 5 nitrogen and oxygen atoms in total. The third kappa shape index (κ3) is 5.37. The molecule has 0 saturated heterocycles. The van der Waals surface area contributed by atoms with E-state index in [1.165, 1.54) is 0 Å². The Kier molecular flexibility index (Phi) is 7.65. The van der Waals surface area contributed by atoms with Gasteiger partial charge < -0.3 is 14.6 Å². The molecular formula is C23H25NO4. The van der Waals surface area contributed by atoms with Crippen LogP contribution in [0.25, 0.3) is 5.57 Å². The molecule has 0 aliphatic carbocycles. The second-order valence-corrected chi connectivity index (χ2v) is 6.32. The van der Waals surface area contributed by atoms with Gasteiger partial charge in [-0.25, -0.2) is 0 Å². The van der Waals surface area contributed by atoms with Crippen LogP contribution in [0.3, 0.4) is 0 Å². The van der Waals surface area contributed by atoms with Crippen LogP contribution in [0.5, 0.6) is 11.5 Å². The summed E-state index contributed by atoms with van der Waals surface area (Å²) in [5.41, 5.74) is 2.83. The maximum Gasteiger partial charge on any atom is 0.306 e. The highest BCUT2D eigenvalue weighted by molar-refractivity contribution is 5.85. The van der Waals surface area contributed by atoms with Gasteiger partial charge in [0.25, 0.3) is 0 Å². The zero-order valence-corrected chi connectivity index (χ0v) is 16.4. The molecule has 0 aliphatic heterocycles. The first kappa shape index (κ1) is 21.0. The topological polar surface area (TPSA) is 79.5 Å². The van der Waals surface area contributed by atoms with Crippen molar-refractivity contribution in [2.24, 2.45) is 5.92 Å². The fraction of sp³-hybridized carbons (Fsp3) is 0.304. The van der Waals surface area contributed by atoms with Crippen LogP contribution in [-0.4, -0.2) is 24.3 Å². The van der Waals surface area contributed by atoms with E-state index in [9.17, 15) is 15.2 Å². The van der Waals surface area contributed by atoms with Gasteiger partial charge >= 0.3 is 5.97 Å². The Bertz CT molecular complexity index is 809. The van der Waals surface area contributed by atoms with Gasteiger partial charge in [-0.1, -0.05) is 31.2 Å². The summed E-state index contributed by atoms with van der Waals surface area (Å²) in [6.45, 7) is 6.58. The third-order valence-corrected chi connectivity index (χ3v) is 4.28. The van der Waals surface area contributed by atoms with Gasteiger partial charge in [0.15, 0.2) is 0 Å². The van der Waals surface area contributed by atoms with Gasteiger partial charge in [0, 0.05) is 11.1 Å². The monoisotopic (exact) mass is 379 g/mol. The molecule has 1 atom stereocenters. The van der Waals surface area contributed by atoms with Crippen LogP contribution in [0.4, 0.5) is 0 Å². The molecule has 2 aromatic carbocycles. The van der Waals surface area contributed by atoms with E-state index in [1.807, 2.05) is 62.4 Å². The van der Waals surface area contributed by atoms with Crippen LogP contribution >= 0.6 is 0 Å². The van der Waals surface area contributed by atoms with Gasteiger partial charge in [0.2, 0.25) is 0 Å². The number of hydrogen-bond acceptors (Lipinski definition) is 4. The zero-order valence-electron chi connectivity index (χ0n) is 16.4. The number of benzene rings is 2. The van der Waals surface area contributed by atoms with Gasteiger partial charge in [-0.05, 0) is 55.7 Å². The van der Waals surface area contributed by atoms with E-state index in [0.29, 0.717) is 18.8 Å². The van der Waals surface area contributed by atoms with Gasteiger partial charge in [-0.2, -0.15) is 5.26 Å². The van der Waals surface area contributed by atoms with Crippen molar-refractivity contribution in [3.63, 3.8) is 0 Å². The molecule has 0 aromatic heterocycles. The summed E-state index contributed by atoms with van der Waals surface area (Å²) in [6.07, 6.45) is 0.154. The first-order chi connectivity index (χ1) is 13.5. The lowest BCUT2D eigenvalue weighted by Crippen LogP contribution is -2.11. The first-order valence-corrected chi connectivity index (χ1v) is 9.32. The van der Waals surface area contributed by atoms with E-state index in [1.54, 1.807) is 6.92 Å². The predicted octanol–water partition coefficient (Wildman–Crippen LogP) is 4.92. The molecule has 2 aromatic rings. The van der Waals surface area contributed by atoms with E-state index in [0.717, 1.165) is 28.2 Å². The minimum absolute atomic E-state index is 0.154. The van der Waals surface area contributed by atoms with Crippen molar-refractivity contribution in [1.82, 2.24) is 0 Å². The van der Waals surface area contributed by atoms with Gasteiger partial charge in [-0.3, -0.25) is 4.79 Å². The number of carbonyl (C=O) groups is 1. The summed E-state index contributed by atoms with van der Waals surface area (Å²) in [7, 11) is 0. The Balaban J connectivity index is 2.54. The van der Waals surface area contributed by atoms with Crippen molar-refractivity contribution >= 4 is 11.5 Å². The molecule has 0 saturated carbocycles. The number of ether oxygens (including phenoxy) is 2. The van der Waals surface area contributed by atoms with Crippen molar-refractivity contribution in [3.8, 4) is 17.6 Å². The van der Waals surface area contributed by atoms with Crippen LogP contribution < -0.4 is 9.47 Å². The lowest BCUT2D eigenvalue weighted by Gasteiger charge is -2.15. The van der Waals surface area contributed by atoms with E-state index in [2.05, 4.69) is 6.07 Å². The number of hydrogen-bond donors (Lipinski definition) is 1. The SMILES string of the molecule is CCOc1ccc(C(=C(C#N)CC(C)C(=O)O)c2ccc(OCC)cc2)cc1. The lowest BCUT2D eigenvalue weighted by atomic mass is 9.89. The Labute approximate surface area is 165 Å². The molecule has 0 aliphatic rings. The molecule has 5 heteroatoms. The largest absolute Gasteiger partial charge is 0.494 e. The second kappa shape index (κ2) is 10.2. The zero-order chi connectivity index (χ0) is 20.5. The first-order valence-electron chi connectivity index (χ1n) is 9.32. The quantitative estimate of drug-likeness (QED) is 0.626. The van der Waals surface area contributed by atoms with Crippen LogP contribution in [0.15, 0.2) is 54.1 Å². The Morgan fingerprint density at radius 3 is 1.71 bits per heavy atom. The Morgan fingerprint density at radius 2 is 1.39 bits per heavy atom. The van der Waals surface area contributed by atoms with Crippen LogP contribution in [0.1, 0.15) is 38.3 Å². The fourth-order valence-electron chi connectivity index (χ4n) is 2.88. The lowest BCUT2D eigenvalue weighted by molar-refractivity contribution is -0.141. The summed E-state index contributed by atoms with van der Waals surface area (Å²) in [6, 6.07) is 17.2. The molecule has 2 rings (SSSR count). The molecule has 0 bridgehead atoms. The van der Waals surface area contributed by atoms with Gasteiger partial charge in [-0.15, -0.1) is 0 Å². The molecule has 28 heavy (non-hydrogen) atoms. The molecule has 0 spiro atoms. The molecule has 0 fully saturated rings. The Hall–Kier alpha value is -3.26.